The molecule has 200 valence electrons. The van der Waals surface area contributed by atoms with E-state index >= 15 is 0 Å². The molecule has 0 saturated heterocycles. The highest BCUT2D eigenvalue weighted by Gasteiger charge is 2.34. The lowest BCUT2D eigenvalue weighted by atomic mass is 9.99. The number of aromatic amines is 1. The summed E-state index contributed by atoms with van der Waals surface area (Å²) in [5, 5.41) is 14.6. The summed E-state index contributed by atoms with van der Waals surface area (Å²) in [5.41, 5.74) is 4.08. The number of pyridine rings is 1. The third kappa shape index (κ3) is 5.79. The number of halogens is 1. The van der Waals surface area contributed by atoms with Crippen LogP contribution in [0.25, 0.3) is 10.9 Å². The number of aromatic nitrogens is 5. The maximum atomic E-state index is 13.8. The number of benzene rings is 3. The minimum Gasteiger partial charge on any atom is -0.322 e. The van der Waals surface area contributed by atoms with Crippen LogP contribution in [0, 0.1) is 0 Å². The Morgan fingerprint density at radius 2 is 1.69 bits per heavy atom. The molecule has 0 saturated carbocycles. The lowest BCUT2D eigenvalue weighted by Crippen LogP contribution is -2.37. The van der Waals surface area contributed by atoms with E-state index in [1.54, 1.807) is 0 Å². The van der Waals surface area contributed by atoms with Gasteiger partial charge < -0.3 is 4.98 Å². The van der Waals surface area contributed by atoms with E-state index in [1.165, 1.54) is 5.56 Å². The first-order valence-electron chi connectivity index (χ1n) is 13.2. The Morgan fingerprint density at radius 1 is 0.949 bits per heavy atom. The third-order valence-electron chi connectivity index (χ3n) is 6.94. The second-order valence-electron chi connectivity index (χ2n) is 10.8. The van der Waals surface area contributed by atoms with Crippen molar-refractivity contribution < 1.29 is 0 Å². The summed E-state index contributed by atoms with van der Waals surface area (Å²) in [6, 6.07) is 25.6. The first-order valence-corrected chi connectivity index (χ1v) is 13.6. The van der Waals surface area contributed by atoms with E-state index in [9.17, 15) is 4.79 Å². The number of nitrogens with zero attached hydrogens (tertiary/aromatic N) is 5. The molecule has 2 heterocycles. The Hall–Kier alpha value is -3.81. The van der Waals surface area contributed by atoms with E-state index in [-0.39, 0.29) is 5.56 Å². The first-order chi connectivity index (χ1) is 18.7. The maximum absolute atomic E-state index is 13.8. The van der Waals surface area contributed by atoms with Crippen LogP contribution in [-0.2, 0) is 25.0 Å². The number of H-pyrrole nitrogens is 1. The van der Waals surface area contributed by atoms with Crippen LogP contribution in [-0.4, -0.2) is 30.1 Å². The first kappa shape index (κ1) is 26.8. The molecule has 0 aliphatic heterocycles. The quantitative estimate of drug-likeness (QED) is 0.250. The van der Waals surface area contributed by atoms with Gasteiger partial charge in [-0.15, -0.1) is 5.10 Å². The fourth-order valence-corrected chi connectivity index (χ4v) is 5.13. The molecule has 39 heavy (non-hydrogen) atoms. The van der Waals surface area contributed by atoms with Gasteiger partial charge in [-0.25, -0.2) is 4.68 Å². The smallest absolute Gasteiger partial charge is 0.253 e. The van der Waals surface area contributed by atoms with Gasteiger partial charge in [-0.3, -0.25) is 9.69 Å². The molecule has 7 nitrogen and oxygen atoms in total. The molecule has 0 fully saturated rings. The van der Waals surface area contributed by atoms with Crippen LogP contribution in [0.1, 0.15) is 61.8 Å². The summed E-state index contributed by atoms with van der Waals surface area (Å²) in [7, 11) is 0. The predicted octanol–water partition coefficient (Wildman–Crippen LogP) is 6.28. The summed E-state index contributed by atoms with van der Waals surface area (Å²) in [6.45, 7) is 9.33. The van der Waals surface area contributed by atoms with E-state index in [4.69, 9.17) is 11.6 Å². The van der Waals surface area contributed by atoms with Gasteiger partial charge in [0.05, 0.1) is 5.54 Å². The van der Waals surface area contributed by atoms with Crippen molar-refractivity contribution in [1.82, 2.24) is 30.1 Å². The van der Waals surface area contributed by atoms with Crippen molar-refractivity contribution in [3.05, 3.63) is 122 Å². The van der Waals surface area contributed by atoms with Crippen LogP contribution in [0.2, 0.25) is 5.02 Å². The molecular formula is C31H33ClN6O. The highest BCUT2D eigenvalue weighted by Crippen LogP contribution is 2.33. The number of nitrogens with one attached hydrogen (secondary N) is 1. The number of hydrogen-bond donors (Lipinski definition) is 1. The van der Waals surface area contributed by atoms with E-state index in [1.807, 2.05) is 59.3 Å². The normalized spacial score (nSPS) is 12.8. The van der Waals surface area contributed by atoms with Gasteiger partial charge in [-0.05, 0) is 84.0 Å². The van der Waals surface area contributed by atoms with Gasteiger partial charge in [0.25, 0.3) is 5.56 Å². The lowest BCUT2D eigenvalue weighted by Gasteiger charge is -2.33. The Labute approximate surface area is 233 Å². The molecule has 8 heteroatoms. The van der Waals surface area contributed by atoms with Crippen LogP contribution < -0.4 is 5.56 Å². The minimum absolute atomic E-state index is 0.169. The van der Waals surface area contributed by atoms with Gasteiger partial charge in [-0.1, -0.05) is 73.1 Å². The zero-order valence-corrected chi connectivity index (χ0v) is 23.5. The Balaban J connectivity index is 1.75. The molecule has 0 radical (unpaired) electrons. The number of fused-ring (bicyclic) bond motifs is 1. The van der Waals surface area contributed by atoms with Crippen LogP contribution in [0.15, 0.2) is 83.7 Å². The average molecular weight is 541 g/mol. The van der Waals surface area contributed by atoms with Crippen molar-refractivity contribution in [3.8, 4) is 0 Å². The van der Waals surface area contributed by atoms with Gasteiger partial charge in [-0.2, -0.15) is 0 Å². The highest BCUT2D eigenvalue weighted by molar-refractivity contribution is 6.31. The van der Waals surface area contributed by atoms with Crippen molar-refractivity contribution in [1.29, 1.82) is 0 Å². The summed E-state index contributed by atoms with van der Waals surface area (Å²) in [4.78, 5) is 19.1. The molecule has 1 atom stereocenters. The van der Waals surface area contributed by atoms with Crippen molar-refractivity contribution in [2.45, 2.75) is 58.8 Å². The van der Waals surface area contributed by atoms with E-state index < -0.39 is 11.6 Å². The zero-order valence-electron chi connectivity index (χ0n) is 22.7. The van der Waals surface area contributed by atoms with Crippen molar-refractivity contribution in [2.75, 3.05) is 0 Å². The molecule has 2 aromatic heterocycles. The zero-order chi connectivity index (χ0) is 27.6. The minimum atomic E-state index is -0.547. The summed E-state index contributed by atoms with van der Waals surface area (Å²) >= 11 is 6.65. The second kappa shape index (κ2) is 11.1. The Kier molecular flexibility index (Phi) is 7.64. The molecule has 0 amide bonds. The largest absolute Gasteiger partial charge is 0.322 e. The molecule has 0 aliphatic carbocycles. The van der Waals surface area contributed by atoms with Crippen molar-refractivity contribution in [3.63, 3.8) is 0 Å². The molecule has 0 unspecified atom stereocenters. The monoisotopic (exact) mass is 540 g/mol. The fraction of sp³-hybridized carbons (Fsp3) is 0.290. The number of hydrogen-bond acceptors (Lipinski definition) is 5. The van der Waals surface area contributed by atoms with E-state index in [0.717, 1.165) is 28.5 Å². The molecule has 5 rings (SSSR count). The van der Waals surface area contributed by atoms with Gasteiger partial charge in [0.15, 0.2) is 5.82 Å². The maximum Gasteiger partial charge on any atom is 0.253 e. The Morgan fingerprint density at radius 3 is 2.41 bits per heavy atom. The van der Waals surface area contributed by atoms with E-state index in [0.29, 0.717) is 29.5 Å². The second-order valence-corrected chi connectivity index (χ2v) is 11.2. The van der Waals surface area contributed by atoms with Crippen LogP contribution in [0.4, 0.5) is 0 Å². The van der Waals surface area contributed by atoms with Gasteiger partial charge in [0.2, 0.25) is 0 Å². The molecule has 5 aromatic rings. The van der Waals surface area contributed by atoms with Gasteiger partial charge in [0.1, 0.15) is 6.04 Å². The summed E-state index contributed by atoms with van der Waals surface area (Å²) < 4.78 is 1.81. The predicted molar refractivity (Wildman–Crippen MR) is 156 cm³/mol. The van der Waals surface area contributed by atoms with Gasteiger partial charge >= 0.3 is 0 Å². The lowest BCUT2D eigenvalue weighted by molar-refractivity contribution is 0.184. The SMILES string of the molecule is CCc1ccc2[nH]c(=O)c([C@H](c3nnnn3C(C)(C)C)N(Cc3ccccc3)Cc3ccccc3Cl)cc2c1. The van der Waals surface area contributed by atoms with Gasteiger partial charge in [0, 0.05) is 29.2 Å². The molecule has 3 aromatic carbocycles. The molecule has 0 aliphatic rings. The number of aryl methyl sites for hydroxylation is 1. The molecule has 0 bridgehead atoms. The topological polar surface area (TPSA) is 79.7 Å². The molecule has 0 spiro atoms. The fourth-order valence-electron chi connectivity index (χ4n) is 4.94. The van der Waals surface area contributed by atoms with Crippen LogP contribution in [0.3, 0.4) is 0 Å². The number of rotatable bonds is 8. The van der Waals surface area contributed by atoms with Crippen LogP contribution >= 0.6 is 11.6 Å². The van der Waals surface area contributed by atoms with Crippen LogP contribution in [0.5, 0.6) is 0 Å². The number of tetrazole rings is 1. The highest BCUT2D eigenvalue weighted by atomic mass is 35.5. The summed E-state index contributed by atoms with van der Waals surface area (Å²) in [5.74, 6) is 0.599. The standard InChI is InChI=1S/C31H33ClN6O/c1-5-21-15-16-27-24(17-21)18-25(30(39)33-27)28(29-34-35-36-38(29)31(2,3)4)37(19-22-11-7-6-8-12-22)20-23-13-9-10-14-26(23)32/h6-18,28H,5,19-20H2,1-4H3,(H,33,39)/t28-/m1/s1. The molecule has 1 N–H and O–H groups in total. The van der Waals surface area contributed by atoms with Crippen molar-refractivity contribution in [2.24, 2.45) is 0 Å². The average Bonchev–Trinajstić information content (AvgIpc) is 3.41. The Bertz CT molecular complexity index is 1640. The van der Waals surface area contributed by atoms with E-state index in [2.05, 4.69) is 77.4 Å². The summed E-state index contributed by atoms with van der Waals surface area (Å²) in [6.07, 6.45) is 0.905. The molecular weight excluding hydrogens is 508 g/mol. The third-order valence-corrected chi connectivity index (χ3v) is 7.31. The van der Waals surface area contributed by atoms with Crippen molar-refractivity contribution >= 4 is 22.5 Å².